The highest BCUT2D eigenvalue weighted by Crippen LogP contribution is 2.33. The van der Waals surface area contributed by atoms with Crippen molar-refractivity contribution in [1.29, 1.82) is 0 Å². The second-order valence-electron chi connectivity index (χ2n) is 5.00. The molecule has 0 radical (unpaired) electrons. The molecular weight excluding hydrogens is 260 g/mol. The number of hydrogen-bond donors (Lipinski definition) is 1. The first kappa shape index (κ1) is 12.5. The van der Waals surface area contributed by atoms with E-state index in [-0.39, 0.29) is 17.1 Å². The third-order valence-corrected chi connectivity index (χ3v) is 3.46. The Morgan fingerprint density at radius 1 is 1.35 bits per heavy atom. The number of rotatable bonds is 4. The normalized spacial score (nSPS) is 14.4. The molecule has 1 aliphatic rings. The van der Waals surface area contributed by atoms with Crippen molar-refractivity contribution in [3.05, 3.63) is 56.8 Å². The average Bonchev–Trinajstić information content (AvgIpc) is 3.18. The number of nitro groups is 1. The zero-order valence-electron chi connectivity index (χ0n) is 10.7. The van der Waals surface area contributed by atoms with Crippen molar-refractivity contribution in [2.24, 2.45) is 0 Å². The van der Waals surface area contributed by atoms with E-state index in [4.69, 9.17) is 5.73 Å². The maximum Gasteiger partial charge on any atom is 0.328 e. The molecule has 1 fully saturated rings. The van der Waals surface area contributed by atoms with Crippen molar-refractivity contribution in [2.45, 2.75) is 25.4 Å². The van der Waals surface area contributed by atoms with Gasteiger partial charge in [-0.2, -0.15) is 0 Å². The summed E-state index contributed by atoms with van der Waals surface area (Å²) in [5, 5.41) is 10.8. The Kier molecular flexibility index (Phi) is 2.81. The van der Waals surface area contributed by atoms with E-state index in [1.54, 1.807) is 27.6 Å². The third-order valence-electron chi connectivity index (χ3n) is 3.46. The molecule has 104 valence electrons. The molecule has 0 amide bonds. The molecule has 7 nitrogen and oxygen atoms in total. The van der Waals surface area contributed by atoms with Gasteiger partial charge in [0.15, 0.2) is 0 Å². The number of nitro benzene ring substituents is 1. The number of nitrogen functional groups attached to an aromatic ring is 1. The molecule has 1 aromatic carbocycles. The quantitative estimate of drug-likeness (QED) is 0.519. The van der Waals surface area contributed by atoms with Crippen LogP contribution < -0.4 is 11.4 Å². The second kappa shape index (κ2) is 4.52. The Bertz CT molecular complexity index is 727. The van der Waals surface area contributed by atoms with Crippen molar-refractivity contribution in [3.63, 3.8) is 0 Å². The van der Waals surface area contributed by atoms with Gasteiger partial charge in [-0.15, -0.1) is 0 Å². The standard InChI is InChI=1S/C13H14N4O3/c14-11-4-1-9(7-12(11)17(19)20)8-15-5-6-16(13(15)18)10-2-3-10/h1,4-7,10H,2-3,8,14H2. The number of nitrogens with two attached hydrogens (primary N) is 1. The summed E-state index contributed by atoms with van der Waals surface area (Å²) in [6, 6.07) is 4.93. The van der Waals surface area contributed by atoms with Gasteiger partial charge in [0.1, 0.15) is 5.69 Å². The van der Waals surface area contributed by atoms with E-state index in [9.17, 15) is 14.9 Å². The van der Waals surface area contributed by atoms with Crippen molar-refractivity contribution < 1.29 is 4.92 Å². The topological polar surface area (TPSA) is 96.1 Å². The van der Waals surface area contributed by atoms with Crippen molar-refractivity contribution in [1.82, 2.24) is 9.13 Å². The summed E-state index contributed by atoms with van der Waals surface area (Å²) in [6.07, 6.45) is 5.56. The zero-order chi connectivity index (χ0) is 14.3. The highest BCUT2D eigenvalue weighted by atomic mass is 16.6. The SMILES string of the molecule is Nc1ccc(Cn2ccn(C3CC3)c2=O)cc1[N+](=O)[O-]. The number of aromatic nitrogens is 2. The summed E-state index contributed by atoms with van der Waals surface area (Å²) in [5.41, 5.74) is 6.16. The highest BCUT2D eigenvalue weighted by molar-refractivity contribution is 5.59. The molecule has 1 aliphatic carbocycles. The Labute approximate surface area is 114 Å². The minimum atomic E-state index is -0.517. The molecule has 1 aromatic heterocycles. The van der Waals surface area contributed by atoms with Crippen LogP contribution in [0.15, 0.2) is 35.4 Å². The van der Waals surface area contributed by atoms with E-state index in [0.717, 1.165) is 12.8 Å². The fourth-order valence-corrected chi connectivity index (χ4v) is 2.22. The Hall–Kier alpha value is -2.57. The van der Waals surface area contributed by atoms with E-state index in [0.29, 0.717) is 18.2 Å². The van der Waals surface area contributed by atoms with Crippen LogP contribution >= 0.6 is 0 Å². The molecule has 3 rings (SSSR count). The smallest absolute Gasteiger partial charge is 0.328 e. The summed E-state index contributed by atoms with van der Waals surface area (Å²) in [7, 11) is 0. The molecule has 0 unspecified atom stereocenters. The Balaban J connectivity index is 1.89. The van der Waals surface area contributed by atoms with Gasteiger partial charge in [0, 0.05) is 24.5 Å². The van der Waals surface area contributed by atoms with E-state index in [2.05, 4.69) is 0 Å². The van der Waals surface area contributed by atoms with Crippen LogP contribution in [-0.2, 0) is 6.54 Å². The lowest BCUT2D eigenvalue weighted by Gasteiger charge is -2.04. The molecule has 7 heteroatoms. The molecule has 0 bridgehead atoms. The van der Waals surface area contributed by atoms with Crippen LogP contribution in [0.5, 0.6) is 0 Å². The molecule has 0 spiro atoms. The third kappa shape index (κ3) is 2.18. The Morgan fingerprint density at radius 3 is 2.75 bits per heavy atom. The van der Waals surface area contributed by atoms with Gasteiger partial charge >= 0.3 is 5.69 Å². The van der Waals surface area contributed by atoms with Gasteiger partial charge in [-0.3, -0.25) is 19.2 Å². The molecule has 0 atom stereocenters. The van der Waals surface area contributed by atoms with Gasteiger partial charge in [-0.1, -0.05) is 6.07 Å². The molecule has 0 saturated heterocycles. The van der Waals surface area contributed by atoms with E-state index in [1.807, 2.05) is 0 Å². The predicted molar refractivity (Wildman–Crippen MR) is 73.6 cm³/mol. The first-order valence-corrected chi connectivity index (χ1v) is 6.36. The fraction of sp³-hybridized carbons (Fsp3) is 0.308. The Morgan fingerprint density at radius 2 is 2.10 bits per heavy atom. The van der Waals surface area contributed by atoms with Crippen LogP contribution in [0.3, 0.4) is 0 Å². The molecule has 0 aliphatic heterocycles. The second-order valence-corrected chi connectivity index (χ2v) is 5.00. The van der Waals surface area contributed by atoms with Gasteiger partial charge < -0.3 is 5.73 Å². The molecular formula is C13H14N4O3. The minimum Gasteiger partial charge on any atom is -0.393 e. The van der Waals surface area contributed by atoms with Crippen molar-refractivity contribution >= 4 is 11.4 Å². The van der Waals surface area contributed by atoms with Crippen LogP contribution in [0.1, 0.15) is 24.4 Å². The molecule has 2 aromatic rings. The van der Waals surface area contributed by atoms with E-state index >= 15 is 0 Å². The number of imidazole rings is 1. The summed E-state index contributed by atoms with van der Waals surface area (Å²) >= 11 is 0. The van der Waals surface area contributed by atoms with Gasteiger partial charge in [0.25, 0.3) is 5.69 Å². The molecule has 2 N–H and O–H groups in total. The first-order chi connectivity index (χ1) is 9.56. The lowest BCUT2D eigenvalue weighted by Crippen LogP contribution is -2.23. The maximum absolute atomic E-state index is 12.1. The maximum atomic E-state index is 12.1. The molecule has 1 saturated carbocycles. The number of hydrogen-bond acceptors (Lipinski definition) is 4. The van der Waals surface area contributed by atoms with Crippen LogP contribution in [-0.4, -0.2) is 14.1 Å². The highest BCUT2D eigenvalue weighted by Gasteiger charge is 2.25. The van der Waals surface area contributed by atoms with Crippen LogP contribution in [0.4, 0.5) is 11.4 Å². The average molecular weight is 274 g/mol. The largest absolute Gasteiger partial charge is 0.393 e. The van der Waals surface area contributed by atoms with Crippen LogP contribution in [0.2, 0.25) is 0 Å². The van der Waals surface area contributed by atoms with Crippen LogP contribution in [0, 0.1) is 10.1 Å². The van der Waals surface area contributed by atoms with Crippen molar-refractivity contribution in [2.75, 3.05) is 5.73 Å². The minimum absolute atomic E-state index is 0.0769. The zero-order valence-corrected chi connectivity index (χ0v) is 10.7. The van der Waals surface area contributed by atoms with Gasteiger partial charge in [-0.25, -0.2) is 4.79 Å². The summed E-state index contributed by atoms with van der Waals surface area (Å²) in [5.74, 6) is 0. The lowest BCUT2D eigenvalue weighted by atomic mass is 10.2. The van der Waals surface area contributed by atoms with E-state index < -0.39 is 4.92 Å². The lowest BCUT2D eigenvalue weighted by molar-refractivity contribution is -0.384. The molecule has 20 heavy (non-hydrogen) atoms. The predicted octanol–water partition coefficient (Wildman–Crippen LogP) is 1.52. The van der Waals surface area contributed by atoms with Gasteiger partial charge in [-0.05, 0) is 24.5 Å². The monoisotopic (exact) mass is 274 g/mol. The first-order valence-electron chi connectivity index (χ1n) is 6.36. The number of benzene rings is 1. The summed E-state index contributed by atoms with van der Waals surface area (Å²) in [6.45, 7) is 0.305. The summed E-state index contributed by atoms with van der Waals surface area (Å²) < 4.78 is 3.26. The van der Waals surface area contributed by atoms with Crippen LogP contribution in [0.25, 0.3) is 0 Å². The summed E-state index contributed by atoms with van der Waals surface area (Å²) in [4.78, 5) is 22.4. The number of anilines is 1. The van der Waals surface area contributed by atoms with Crippen molar-refractivity contribution in [3.8, 4) is 0 Å². The van der Waals surface area contributed by atoms with E-state index in [1.165, 1.54) is 12.1 Å². The fourth-order valence-electron chi connectivity index (χ4n) is 2.22. The van der Waals surface area contributed by atoms with Gasteiger partial charge in [0.2, 0.25) is 0 Å². The molecule has 1 heterocycles. The van der Waals surface area contributed by atoms with Gasteiger partial charge in [0.05, 0.1) is 11.5 Å². The number of nitrogens with zero attached hydrogens (tertiary/aromatic N) is 3.